The maximum Gasteiger partial charge on any atom is 0.253 e. The molecular formula is C21H22N4O2S. The first kappa shape index (κ1) is 19.9. The maximum atomic E-state index is 12.5. The van der Waals surface area contributed by atoms with Gasteiger partial charge in [0.05, 0.1) is 24.1 Å². The first-order valence-corrected chi connectivity index (χ1v) is 10.1. The number of carbonyl (C=O) groups excluding carboxylic acids is 2. The van der Waals surface area contributed by atoms with Crippen molar-refractivity contribution in [3.8, 4) is 6.07 Å². The molecule has 2 aromatic rings. The van der Waals surface area contributed by atoms with E-state index in [0.717, 1.165) is 10.6 Å². The third kappa shape index (κ3) is 5.35. The number of nitriles is 1. The zero-order chi connectivity index (χ0) is 19.8. The summed E-state index contributed by atoms with van der Waals surface area (Å²) in [7, 11) is 0. The van der Waals surface area contributed by atoms with Gasteiger partial charge < -0.3 is 10.2 Å². The van der Waals surface area contributed by atoms with Crippen molar-refractivity contribution in [2.45, 2.75) is 4.90 Å². The highest BCUT2D eigenvalue weighted by molar-refractivity contribution is 7.99. The second-order valence-electron chi connectivity index (χ2n) is 6.43. The number of carbonyl (C=O) groups is 2. The molecule has 144 valence electrons. The average molecular weight is 395 g/mol. The van der Waals surface area contributed by atoms with E-state index in [4.69, 9.17) is 5.26 Å². The summed E-state index contributed by atoms with van der Waals surface area (Å²) in [5.74, 6) is 0.283. The summed E-state index contributed by atoms with van der Waals surface area (Å²) in [5.41, 5.74) is 1.42. The van der Waals surface area contributed by atoms with Crippen LogP contribution in [0.15, 0.2) is 59.5 Å². The molecule has 0 radical (unpaired) electrons. The molecule has 1 heterocycles. The number of rotatable bonds is 6. The van der Waals surface area contributed by atoms with Gasteiger partial charge in [-0.2, -0.15) is 5.26 Å². The van der Waals surface area contributed by atoms with E-state index in [1.54, 1.807) is 0 Å². The van der Waals surface area contributed by atoms with E-state index in [1.165, 1.54) is 11.8 Å². The van der Waals surface area contributed by atoms with E-state index >= 15 is 0 Å². The Morgan fingerprint density at radius 3 is 2.39 bits per heavy atom. The van der Waals surface area contributed by atoms with Gasteiger partial charge in [-0.15, -0.1) is 11.8 Å². The number of piperazine rings is 1. The summed E-state index contributed by atoms with van der Waals surface area (Å²) >= 11 is 1.40. The molecule has 2 aromatic carbocycles. The van der Waals surface area contributed by atoms with Crippen LogP contribution in [-0.2, 0) is 4.79 Å². The quantitative estimate of drug-likeness (QED) is 0.763. The summed E-state index contributed by atoms with van der Waals surface area (Å²) in [6.07, 6.45) is 0. The molecular weight excluding hydrogens is 372 g/mol. The Kier molecular flexibility index (Phi) is 7.06. The molecule has 0 spiro atoms. The Morgan fingerprint density at radius 1 is 1.00 bits per heavy atom. The van der Waals surface area contributed by atoms with Crippen LogP contribution in [0, 0.1) is 11.3 Å². The Labute approximate surface area is 169 Å². The van der Waals surface area contributed by atoms with Crippen LogP contribution in [0.5, 0.6) is 0 Å². The molecule has 1 aliphatic rings. The van der Waals surface area contributed by atoms with Gasteiger partial charge in [0.2, 0.25) is 5.91 Å². The Hall–Kier alpha value is -2.82. The highest BCUT2D eigenvalue weighted by Crippen LogP contribution is 2.26. The fourth-order valence-electron chi connectivity index (χ4n) is 3.07. The van der Waals surface area contributed by atoms with Crippen molar-refractivity contribution in [2.24, 2.45) is 0 Å². The minimum Gasteiger partial charge on any atom is -0.336 e. The van der Waals surface area contributed by atoms with Gasteiger partial charge in [0.25, 0.3) is 5.91 Å². The van der Waals surface area contributed by atoms with Crippen LogP contribution >= 0.6 is 11.8 Å². The van der Waals surface area contributed by atoms with Crippen LogP contribution in [0.2, 0.25) is 0 Å². The normalized spacial score (nSPS) is 14.3. The number of nitrogens with one attached hydrogen (secondary N) is 1. The van der Waals surface area contributed by atoms with Crippen LogP contribution in [0.25, 0.3) is 0 Å². The highest BCUT2D eigenvalue weighted by atomic mass is 32.2. The second kappa shape index (κ2) is 9.93. The lowest BCUT2D eigenvalue weighted by Gasteiger charge is -2.34. The van der Waals surface area contributed by atoms with E-state index in [1.807, 2.05) is 59.5 Å². The van der Waals surface area contributed by atoms with Gasteiger partial charge >= 0.3 is 0 Å². The fraction of sp³-hybridized carbons (Fsp3) is 0.286. The number of amides is 2. The van der Waals surface area contributed by atoms with E-state index in [-0.39, 0.29) is 18.4 Å². The lowest BCUT2D eigenvalue weighted by Crippen LogP contribution is -2.50. The number of thioether (sulfide) groups is 1. The van der Waals surface area contributed by atoms with Gasteiger partial charge in [0, 0.05) is 36.6 Å². The van der Waals surface area contributed by atoms with Crippen molar-refractivity contribution in [2.75, 3.05) is 43.8 Å². The average Bonchev–Trinajstić information content (AvgIpc) is 2.74. The second-order valence-corrected chi connectivity index (χ2v) is 7.44. The molecule has 0 bridgehead atoms. The van der Waals surface area contributed by atoms with Gasteiger partial charge in [-0.3, -0.25) is 14.5 Å². The Balaban J connectivity index is 1.49. The van der Waals surface area contributed by atoms with Crippen molar-refractivity contribution in [1.82, 2.24) is 9.80 Å². The molecule has 2 amide bonds. The molecule has 0 unspecified atom stereocenters. The molecule has 1 fully saturated rings. The van der Waals surface area contributed by atoms with Gasteiger partial charge in [-0.25, -0.2) is 0 Å². The number of para-hydroxylation sites is 1. The molecule has 28 heavy (non-hydrogen) atoms. The number of nitrogens with zero attached hydrogens (tertiary/aromatic N) is 3. The third-order valence-electron chi connectivity index (χ3n) is 4.50. The lowest BCUT2D eigenvalue weighted by atomic mass is 10.2. The third-order valence-corrected chi connectivity index (χ3v) is 5.44. The van der Waals surface area contributed by atoms with Crippen LogP contribution in [0.1, 0.15) is 10.4 Å². The van der Waals surface area contributed by atoms with Gasteiger partial charge in [-0.05, 0) is 24.3 Å². The van der Waals surface area contributed by atoms with Crippen molar-refractivity contribution >= 4 is 29.3 Å². The fourth-order valence-corrected chi connectivity index (χ4v) is 3.74. The Morgan fingerprint density at radius 2 is 1.68 bits per heavy atom. The smallest absolute Gasteiger partial charge is 0.253 e. The summed E-state index contributed by atoms with van der Waals surface area (Å²) in [5, 5.41) is 11.7. The minimum atomic E-state index is -0.0900. The Bertz CT molecular complexity index is 858. The molecule has 0 aromatic heterocycles. The van der Waals surface area contributed by atoms with Crippen LogP contribution < -0.4 is 5.32 Å². The minimum absolute atomic E-state index is 0.0353. The summed E-state index contributed by atoms with van der Waals surface area (Å²) < 4.78 is 0. The first-order chi connectivity index (χ1) is 13.7. The van der Waals surface area contributed by atoms with E-state index in [9.17, 15) is 9.59 Å². The molecule has 0 aliphatic carbocycles. The number of benzene rings is 2. The topological polar surface area (TPSA) is 76.4 Å². The molecule has 0 atom stereocenters. The zero-order valence-corrected chi connectivity index (χ0v) is 16.3. The standard InChI is InChI=1S/C21H22N4O2S/c22-10-15-28-19-9-5-4-8-18(19)23-20(26)16-24-11-13-25(14-12-24)21(27)17-6-2-1-3-7-17/h1-9H,11-16H2,(H,23,26). The number of hydrogen-bond acceptors (Lipinski definition) is 5. The van der Waals surface area contributed by atoms with Gasteiger partial charge in [-0.1, -0.05) is 30.3 Å². The molecule has 7 heteroatoms. The van der Waals surface area contributed by atoms with Crippen LogP contribution in [0.4, 0.5) is 5.69 Å². The van der Waals surface area contributed by atoms with E-state index < -0.39 is 0 Å². The van der Waals surface area contributed by atoms with Crippen molar-refractivity contribution in [1.29, 1.82) is 5.26 Å². The number of anilines is 1. The summed E-state index contributed by atoms with van der Waals surface area (Å²) in [6.45, 7) is 2.82. The molecule has 6 nitrogen and oxygen atoms in total. The summed E-state index contributed by atoms with van der Waals surface area (Å²) in [4.78, 5) is 29.7. The van der Waals surface area contributed by atoms with E-state index in [2.05, 4.69) is 16.3 Å². The highest BCUT2D eigenvalue weighted by Gasteiger charge is 2.23. The largest absolute Gasteiger partial charge is 0.336 e. The summed E-state index contributed by atoms with van der Waals surface area (Å²) in [6, 6.07) is 18.8. The number of hydrogen-bond donors (Lipinski definition) is 1. The van der Waals surface area contributed by atoms with Crippen LogP contribution in [-0.4, -0.2) is 60.1 Å². The van der Waals surface area contributed by atoms with Crippen molar-refractivity contribution in [3.05, 3.63) is 60.2 Å². The molecule has 1 aliphatic heterocycles. The van der Waals surface area contributed by atoms with E-state index in [0.29, 0.717) is 37.5 Å². The maximum absolute atomic E-state index is 12.5. The molecule has 1 N–H and O–H groups in total. The van der Waals surface area contributed by atoms with Gasteiger partial charge in [0.1, 0.15) is 0 Å². The van der Waals surface area contributed by atoms with Crippen molar-refractivity contribution < 1.29 is 9.59 Å². The lowest BCUT2D eigenvalue weighted by molar-refractivity contribution is -0.117. The van der Waals surface area contributed by atoms with Gasteiger partial charge in [0.15, 0.2) is 0 Å². The van der Waals surface area contributed by atoms with Crippen LogP contribution in [0.3, 0.4) is 0 Å². The molecule has 3 rings (SSSR count). The SMILES string of the molecule is N#CCSc1ccccc1NC(=O)CN1CCN(C(=O)c2ccccc2)CC1. The monoisotopic (exact) mass is 394 g/mol. The zero-order valence-electron chi connectivity index (χ0n) is 15.5. The molecule has 1 saturated heterocycles. The van der Waals surface area contributed by atoms with Crippen molar-refractivity contribution in [3.63, 3.8) is 0 Å². The predicted octanol–water partition coefficient (Wildman–Crippen LogP) is 2.70. The first-order valence-electron chi connectivity index (χ1n) is 9.12. The predicted molar refractivity (Wildman–Crippen MR) is 110 cm³/mol. The molecule has 0 saturated carbocycles.